The molecule has 0 fully saturated rings. The molecule has 0 radical (unpaired) electrons. The Morgan fingerprint density at radius 2 is 2.09 bits per heavy atom. The summed E-state index contributed by atoms with van der Waals surface area (Å²) in [6.07, 6.45) is 2.76. The summed E-state index contributed by atoms with van der Waals surface area (Å²) in [7, 11) is 0. The van der Waals surface area contributed by atoms with Crippen molar-refractivity contribution in [2.24, 2.45) is 5.73 Å². The van der Waals surface area contributed by atoms with Crippen LogP contribution in [0.15, 0.2) is 36.5 Å². The monoisotopic (exact) mass is 296 g/mol. The van der Waals surface area contributed by atoms with Crippen molar-refractivity contribution in [1.29, 1.82) is 5.26 Å². The second kappa shape index (κ2) is 7.18. The quantitative estimate of drug-likeness (QED) is 0.787. The Morgan fingerprint density at radius 1 is 1.32 bits per heavy atom. The molecule has 0 bridgehead atoms. The van der Waals surface area contributed by atoms with Crippen LogP contribution in [0, 0.1) is 11.3 Å². The summed E-state index contributed by atoms with van der Waals surface area (Å²) >= 11 is 0. The Kier molecular flexibility index (Phi) is 5.04. The molecule has 6 nitrogen and oxygen atoms in total. The number of benzene rings is 1. The van der Waals surface area contributed by atoms with E-state index >= 15 is 0 Å². The Balaban J connectivity index is 2.19. The van der Waals surface area contributed by atoms with Crippen LogP contribution in [0.3, 0.4) is 0 Å². The molecule has 0 unspecified atom stereocenters. The zero-order valence-electron chi connectivity index (χ0n) is 12.0. The number of nitrogens with two attached hydrogens (primary N) is 1. The third kappa shape index (κ3) is 3.58. The highest BCUT2D eigenvalue weighted by Gasteiger charge is 2.20. The molecular formula is C16H16N4O2. The lowest BCUT2D eigenvalue weighted by atomic mass is 10.1. The van der Waals surface area contributed by atoms with Gasteiger partial charge in [0.2, 0.25) is 5.91 Å². The standard InChI is InChI=1S/C16H16N4O2/c17-9-2-1-8-13(15(18)21)20-16(22)12-7-3-5-11-6-4-10-19-14(11)12/h3-7,10,13H,1-2,8H2,(H2,18,21)(H,20,22)/t13-/m0/s1. The highest BCUT2D eigenvalue weighted by atomic mass is 16.2. The van der Waals surface area contributed by atoms with E-state index in [4.69, 9.17) is 11.0 Å². The van der Waals surface area contributed by atoms with E-state index in [2.05, 4.69) is 10.3 Å². The van der Waals surface area contributed by atoms with Crippen molar-refractivity contribution >= 4 is 22.7 Å². The molecule has 22 heavy (non-hydrogen) atoms. The molecule has 0 aliphatic carbocycles. The molecule has 0 spiro atoms. The average molecular weight is 296 g/mol. The van der Waals surface area contributed by atoms with Gasteiger partial charge in [0.15, 0.2) is 0 Å². The number of carbonyl (C=O) groups excluding carboxylic acids is 2. The predicted molar refractivity (Wildman–Crippen MR) is 81.7 cm³/mol. The molecule has 2 amide bonds. The first-order valence-corrected chi connectivity index (χ1v) is 6.94. The van der Waals surface area contributed by atoms with Crippen molar-refractivity contribution in [2.45, 2.75) is 25.3 Å². The normalized spacial score (nSPS) is 11.6. The number of nitriles is 1. The molecule has 3 N–H and O–H groups in total. The zero-order chi connectivity index (χ0) is 15.9. The summed E-state index contributed by atoms with van der Waals surface area (Å²) in [5.41, 5.74) is 6.27. The van der Waals surface area contributed by atoms with Gasteiger partial charge in [0.05, 0.1) is 17.1 Å². The van der Waals surface area contributed by atoms with E-state index in [9.17, 15) is 9.59 Å². The lowest BCUT2D eigenvalue weighted by molar-refractivity contribution is -0.120. The van der Waals surface area contributed by atoms with Crippen LogP contribution < -0.4 is 11.1 Å². The number of fused-ring (bicyclic) bond motifs is 1. The number of aromatic nitrogens is 1. The molecule has 0 saturated carbocycles. The van der Waals surface area contributed by atoms with Crippen molar-refractivity contribution in [1.82, 2.24) is 10.3 Å². The van der Waals surface area contributed by atoms with E-state index in [0.717, 1.165) is 5.39 Å². The number of unbranched alkanes of at least 4 members (excludes halogenated alkanes) is 1. The second-order valence-electron chi connectivity index (χ2n) is 4.86. The van der Waals surface area contributed by atoms with Gasteiger partial charge >= 0.3 is 0 Å². The molecule has 0 saturated heterocycles. The van der Waals surface area contributed by atoms with Gasteiger partial charge in [0.25, 0.3) is 5.91 Å². The van der Waals surface area contributed by atoms with Crippen molar-refractivity contribution in [2.75, 3.05) is 0 Å². The maximum absolute atomic E-state index is 12.4. The summed E-state index contributed by atoms with van der Waals surface area (Å²) in [6.45, 7) is 0. The van der Waals surface area contributed by atoms with Crippen LogP contribution in [-0.4, -0.2) is 22.8 Å². The lowest BCUT2D eigenvalue weighted by Crippen LogP contribution is -2.44. The zero-order valence-corrected chi connectivity index (χ0v) is 12.0. The summed E-state index contributed by atoms with van der Waals surface area (Å²) in [6, 6.07) is 10.1. The van der Waals surface area contributed by atoms with Crippen LogP contribution in [0.25, 0.3) is 10.9 Å². The number of pyridine rings is 1. The van der Waals surface area contributed by atoms with E-state index in [1.54, 1.807) is 24.4 Å². The minimum atomic E-state index is -0.792. The third-order valence-corrected chi connectivity index (χ3v) is 3.31. The first kappa shape index (κ1) is 15.4. The van der Waals surface area contributed by atoms with E-state index in [-0.39, 0.29) is 0 Å². The number of amides is 2. The number of carbonyl (C=O) groups is 2. The van der Waals surface area contributed by atoms with Gasteiger partial charge in [0.1, 0.15) is 6.04 Å². The Morgan fingerprint density at radius 3 is 2.82 bits per heavy atom. The molecule has 1 atom stereocenters. The van der Waals surface area contributed by atoms with Crippen molar-refractivity contribution in [3.63, 3.8) is 0 Å². The molecule has 2 rings (SSSR count). The summed E-state index contributed by atoms with van der Waals surface area (Å²) in [5, 5.41) is 12.0. The summed E-state index contributed by atoms with van der Waals surface area (Å²) in [4.78, 5) is 28.0. The van der Waals surface area contributed by atoms with Gasteiger partial charge in [-0.3, -0.25) is 14.6 Å². The molecule has 1 aromatic carbocycles. The van der Waals surface area contributed by atoms with Gasteiger partial charge in [-0.05, 0) is 25.0 Å². The van der Waals surface area contributed by atoms with E-state index < -0.39 is 17.9 Å². The van der Waals surface area contributed by atoms with Crippen molar-refractivity contribution in [3.8, 4) is 6.07 Å². The number of para-hydroxylation sites is 1. The maximum Gasteiger partial charge on any atom is 0.254 e. The Hall–Kier alpha value is -2.94. The SMILES string of the molecule is N#CCCC[C@H](NC(=O)c1cccc2cccnc12)C(N)=O. The summed E-state index contributed by atoms with van der Waals surface area (Å²) in [5.74, 6) is -1.01. The predicted octanol–water partition coefficient (Wildman–Crippen LogP) is 1.51. The van der Waals surface area contributed by atoms with Crippen LogP contribution in [0.5, 0.6) is 0 Å². The van der Waals surface area contributed by atoms with Gasteiger partial charge < -0.3 is 11.1 Å². The maximum atomic E-state index is 12.4. The topological polar surface area (TPSA) is 109 Å². The van der Waals surface area contributed by atoms with E-state index in [1.807, 2.05) is 18.2 Å². The number of nitrogens with zero attached hydrogens (tertiary/aromatic N) is 2. The van der Waals surface area contributed by atoms with Crippen LogP contribution in [0.2, 0.25) is 0 Å². The first-order chi connectivity index (χ1) is 10.6. The Labute approximate surface area is 127 Å². The fourth-order valence-electron chi connectivity index (χ4n) is 2.19. The number of hydrogen-bond donors (Lipinski definition) is 2. The van der Waals surface area contributed by atoms with Gasteiger partial charge in [-0.15, -0.1) is 0 Å². The molecule has 112 valence electrons. The molecule has 0 aliphatic heterocycles. The smallest absolute Gasteiger partial charge is 0.254 e. The van der Waals surface area contributed by atoms with Crippen molar-refractivity contribution in [3.05, 3.63) is 42.1 Å². The number of nitrogens with one attached hydrogen (secondary N) is 1. The highest BCUT2D eigenvalue weighted by Crippen LogP contribution is 2.16. The molecular weight excluding hydrogens is 280 g/mol. The fourth-order valence-corrected chi connectivity index (χ4v) is 2.19. The lowest BCUT2D eigenvalue weighted by Gasteiger charge is -2.15. The van der Waals surface area contributed by atoms with E-state index in [1.165, 1.54) is 0 Å². The largest absolute Gasteiger partial charge is 0.368 e. The number of hydrogen-bond acceptors (Lipinski definition) is 4. The first-order valence-electron chi connectivity index (χ1n) is 6.94. The van der Waals surface area contributed by atoms with Gasteiger partial charge in [-0.1, -0.05) is 18.2 Å². The van der Waals surface area contributed by atoms with Gasteiger partial charge in [-0.25, -0.2) is 0 Å². The van der Waals surface area contributed by atoms with Crippen molar-refractivity contribution < 1.29 is 9.59 Å². The van der Waals surface area contributed by atoms with Crippen LogP contribution in [-0.2, 0) is 4.79 Å². The van der Waals surface area contributed by atoms with Crippen LogP contribution in [0.4, 0.5) is 0 Å². The average Bonchev–Trinajstić information content (AvgIpc) is 2.53. The second-order valence-corrected chi connectivity index (χ2v) is 4.86. The van der Waals surface area contributed by atoms with Gasteiger partial charge in [0, 0.05) is 18.0 Å². The van der Waals surface area contributed by atoms with E-state index in [0.29, 0.717) is 30.3 Å². The van der Waals surface area contributed by atoms with Crippen LogP contribution in [0.1, 0.15) is 29.6 Å². The minimum Gasteiger partial charge on any atom is -0.368 e. The molecule has 6 heteroatoms. The molecule has 0 aliphatic rings. The fraction of sp³-hybridized carbons (Fsp3) is 0.250. The molecule has 2 aromatic rings. The van der Waals surface area contributed by atoms with Crippen LogP contribution >= 0.6 is 0 Å². The number of rotatable bonds is 6. The number of primary amides is 1. The molecule has 1 heterocycles. The Bertz CT molecular complexity index is 731. The molecule has 1 aromatic heterocycles. The highest BCUT2D eigenvalue weighted by molar-refractivity contribution is 6.06. The summed E-state index contributed by atoms with van der Waals surface area (Å²) < 4.78 is 0. The third-order valence-electron chi connectivity index (χ3n) is 3.31. The van der Waals surface area contributed by atoms with Gasteiger partial charge in [-0.2, -0.15) is 5.26 Å². The minimum absolute atomic E-state index is 0.315.